The number of carbonyl (C=O) groups is 4. The number of guanidine groups is 2. The number of anilines is 2. The summed E-state index contributed by atoms with van der Waals surface area (Å²) in [5.74, 6) is -3.64. The van der Waals surface area contributed by atoms with Crippen molar-refractivity contribution in [3.63, 3.8) is 0 Å². The highest BCUT2D eigenvalue weighted by Gasteiger charge is 2.37. The van der Waals surface area contributed by atoms with E-state index in [0.29, 0.717) is 49.9 Å². The van der Waals surface area contributed by atoms with E-state index in [0.717, 1.165) is 11.1 Å². The van der Waals surface area contributed by atoms with Crippen molar-refractivity contribution in [2.45, 2.75) is 72.6 Å². The van der Waals surface area contributed by atoms with E-state index in [9.17, 15) is 19.2 Å². The van der Waals surface area contributed by atoms with Gasteiger partial charge in [-0.1, -0.05) is 52.0 Å². The second kappa shape index (κ2) is 16.6. The highest BCUT2D eigenvalue weighted by Crippen LogP contribution is 2.33. The summed E-state index contributed by atoms with van der Waals surface area (Å²) in [6.07, 6.45) is 1.50. The largest absolute Gasteiger partial charge is 0.370 e. The van der Waals surface area contributed by atoms with Gasteiger partial charge in [-0.15, -0.1) is 0 Å². The minimum atomic E-state index is -1.07. The van der Waals surface area contributed by atoms with Gasteiger partial charge in [0, 0.05) is 11.4 Å². The maximum Gasteiger partial charge on any atom is 0.343 e. The smallest absolute Gasteiger partial charge is 0.343 e. The lowest BCUT2D eigenvalue weighted by Gasteiger charge is -2.30. The molecular formula is C31H44N8O6. The zero-order valence-electron chi connectivity index (χ0n) is 26.2. The Morgan fingerprint density at radius 2 is 1.02 bits per heavy atom. The van der Waals surface area contributed by atoms with Gasteiger partial charge in [-0.3, -0.25) is 20.4 Å². The molecule has 10 N–H and O–H groups in total. The molecule has 2 rings (SSSR count). The van der Waals surface area contributed by atoms with Crippen LogP contribution >= 0.6 is 0 Å². The van der Waals surface area contributed by atoms with E-state index in [2.05, 4.69) is 21.6 Å². The van der Waals surface area contributed by atoms with Crippen LogP contribution in [-0.2, 0) is 41.7 Å². The van der Waals surface area contributed by atoms with Crippen LogP contribution in [0.2, 0.25) is 0 Å². The number of hydrogen-bond donors (Lipinski definition) is 8. The molecule has 0 saturated heterocycles. The van der Waals surface area contributed by atoms with E-state index in [1.165, 1.54) is 0 Å². The molecule has 2 aromatic carbocycles. The summed E-state index contributed by atoms with van der Waals surface area (Å²) in [6, 6.07) is 14.3. The maximum atomic E-state index is 13.1. The predicted octanol–water partition coefficient (Wildman–Crippen LogP) is 3.23. The van der Waals surface area contributed by atoms with Crippen molar-refractivity contribution in [1.29, 1.82) is 10.8 Å². The number of nitrogens with two attached hydrogens (primary N) is 2. The fourth-order valence-electron chi connectivity index (χ4n) is 5.03. The SMILES string of the molecule is CCC(CC)(Cc1cccc(NC(=N)N)c1)C(=O)NOC(=O)CC(=O)ONC(=O)C(CC)(CC)Cc1cccc(NC(=N)N)c1. The van der Waals surface area contributed by atoms with Crippen LogP contribution in [0.3, 0.4) is 0 Å². The van der Waals surface area contributed by atoms with Gasteiger partial charge in [-0.05, 0) is 73.9 Å². The highest BCUT2D eigenvalue weighted by molar-refractivity contribution is 5.93. The molecule has 244 valence electrons. The fourth-order valence-corrected chi connectivity index (χ4v) is 5.03. The molecule has 0 aliphatic rings. The van der Waals surface area contributed by atoms with Crippen LogP contribution in [0.25, 0.3) is 0 Å². The van der Waals surface area contributed by atoms with Gasteiger partial charge < -0.3 is 31.8 Å². The molecule has 45 heavy (non-hydrogen) atoms. The van der Waals surface area contributed by atoms with Crippen LogP contribution in [0.15, 0.2) is 48.5 Å². The number of nitrogens with one attached hydrogen (secondary N) is 6. The van der Waals surface area contributed by atoms with Gasteiger partial charge in [-0.2, -0.15) is 11.0 Å². The molecule has 0 atom stereocenters. The molecule has 2 amide bonds. The van der Waals surface area contributed by atoms with Crippen LogP contribution in [0.4, 0.5) is 11.4 Å². The van der Waals surface area contributed by atoms with Crippen molar-refractivity contribution in [1.82, 2.24) is 11.0 Å². The topological polar surface area (TPSA) is 235 Å². The summed E-state index contributed by atoms with van der Waals surface area (Å²) in [5.41, 5.74) is 16.1. The van der Waals surface area contributed by atoms with Crippen molar-refractivity contribution < 1.29 is 28.9 Å². The first kappa shape index (κ1) is 36.1. The van der Waals surface area contributed by atoms with E-state index < -0.39 is 41.0 Å². The third-order valence-electron chi connectivity index (χ3n) is 7.97. The Labute approximate surface area is 262 Å². The van der Waals surface area contributed by atoms with E-state index in [4.69, 9.17) is 32.0 Å². The Balaban J connectivity index is 1.95. The second-order valence-electron chi connectivity index (χ2n) is 10.8. The fraction of sp³-hybridized carbons (Fsp3) is 0.419. The van der Waals surface area contributed by atoms with Gasteiger partial charge in [0.15, 0.2) is 11.9 Å². The first-order chi connectivity index (χ1) is 21.3. The third-order valence-corrected chi connectivity index (χ3v) is 7.97. The molecule has 0 aliphatic carbocycles. The molecule has 14 heteroatoms. The summed E-state index contributed by atoms with van der Waals surface area (Å²) in [5, 5.41) is 20.3. The Morgan fingerprint density at radius 1 is 0.667 bits per heavy atom. The molecule has 0 aliphatic heterocycles. The Morgan fingerprint density at radius 3 is 1.33 bits per heavy atom. The lowest BCUT2D eigenvalue weighted by molar-refractivity contribution is -0.171. The third kappa shape index (κ3) is 10.5. The molecule has 0 spiro atoms. The van der Waals surface area contributed by atoms with Crippen LogP contribution in [0.5, 0.6) is 0 Å². The van der Waals surface area contributed by atoms with Gasteiger partial charge in [0.25, 0.3) is 11.8 Å². The van der Waals surface area contributed by atoms with Crippen LogP contribution < -0.4 is 33.1 Å². The average molecular weight is 625 g/mol. The van der Waals surface area contributed by atoms with Gasteiger partial charge >= 0.3 is 11.9 Å². The van der Waals surface area contributed by atoms with E-state index in [1.54, 1.807) is 36.4 Å². The first-order valence-electron chi connectivity index (χ1n) is 14.7. The Hall–Kier alpha value is -5.14. The molecular weight excluding hydrogens is 580 g/mol. The predicted molar refractivity (Wildman–Crippen MR) is 170 cm³/mol. The van der Waals surface area contributed by atoms with Crippen LogP contribution in [-0.4, -0.2) is 35.7 Å². The van der Waals surface area contributed by atoms with E-state index in [-0.39, 0.29) is 11.9 Å². The molecule has 0 fully saturated rings. The van der Waals surface area contributed by atoms with Gasteiger partial charge in [-0.25, -0.2) is 9.59 Å². The number of hydrogen-bond acceptors (Lipinski definition) is 8. The Bertz CT molecular complexity index is 1280. The van der Waals surface area contributed by atoms with Crippen molar-refractivity contribution >= 4 is 47.0 Å². The molecule has 0 aromatic heterocycles. The molecule has 0 saturated carbocycles. The monoisotopic (exact) mass is 624 g/mol. The van der Waals surface area contributed by atoms with E-state index in [1.807, 2.05) is 39.8 Å². The lowest BCUT2D eigenvalue weighted by Crippen LogP contribution is -2.44. The van der Waals surface area contributed by atoms with Gasteiger partial charge in [0.2, 0.25) is 0 Å². The van der Waals surface area contributed by atoms with Crippen molar-refractivity contribution in [2.75, 3.05) is 10.6 Å². The zero-order chi connectivity index (χ0) is 33.6. The highest BCUT2D eigenvalue weighted by atomic mass is 16.7. The molecule has 0 unspecified atom stereocenters. The molecule has 0 bridgehead atoms. The summed E-state index contributed by atoms with van der Waals surface area (Å²) < 4.78 is 0. The quantitative estimate of drug-likeness (QED) is 0.0661. The number of carbonyl (C=O) groups excluding carboxylic acids is 4. The minimum absolute atomic E-state index is 0.215. The number of rotatable bonds is 14. The normalized spacial score (nSPS) is 11.1. The van der Waals surface area contributed by atoms with Gasteiger partial charge in [0.05, 0.1) is 10.8 Å². The lowest BCUT2D eigenvalue weighted by atomic mass is 9.76. The minimum Gasteiger partial charge on any atom is -0.370 e. The molecule has 2 aromatic rings. The number of benzene rings is 2. The van der Waals surface area contributed by atoms with Gasteiger partial charge in [0.1, 0.15) is 6.42 Å². The van der Waals surface area contributed by atoms with Crippen molar-refractivity contribution in [3.05, 3.63) is 59.7 Å². The Kier molecular flexibility index (Phi) is 13.3. The second-order valence-corrected chi connectivity index (χ2v) is 10.8. The number of hydroxylamine groups is 2. The first-order valence-corrected chi connectivity index (χ1v) is 14.7. The van der Waals surface area contributed by atoms with Crippen LogP contribution in [0, 0.1) is 21.6 Å². The van der Waals surface area contributed by atoms with E-state index >= 15 is 0 Å². The molecule has 14 nitrogen and oxygen atoms in total. The van der Waals surface area contributed by atoms with Crippen molar-refractivity contribution in [3.8, 4) is 0 Å². The summed E-state index contributed by atoms with van der Waals surface area (Å²) >= 11 is 0. The number of amides is 2. The summed E-state index contributed by atoms with van der Waals surface area (Å²) in [6.45, 7) is 7.37. The van der Waals surface area contributed by atoms with Crippen LogP contribution in [0.1, 0.15) is 70.9 Å². The van der Waals surface area contributed by atoms with Crippen molar-refractivity contribution in [2.24, 2.45) is 22.3 Å². The molecule has 0 heterocycles. The standard InChI is InChI=1S/C31H44N8O6/c1-5-30(6-2,18-20-11-9-13-22(15-20)36-28(32)33)26(42)38-44-24(40)17-25(41)45-39-27(43)31(7-3,8-4)19-21-12-10-14-23(16-21)37-29(34)35/h9-16H,5-8,17-19H2,1-4H3,(H,38,42)(H,39,43)(H4,32,33,36)(H4,34,35,37). The maximum absolute atomic E-state index is 13.1. The summed E-state index contributed by atoms with van der Waals surface area (Å²) in [4.78, 5) is 60.8. The summed E-state index contributed by atoms with van der Waals surface area (Å²) in [7, 11) is 0. The molecule has 0 radical (unpaired) electrons. The average Bonchev–Trinajstić information content (AvgIpc) is 3.00. The zero-order valence-corrected chi connectivity index (χ0v) is 26.2.